The molecule has 1 aromatic carbocycles. The molecule has 17 heavy (non-hydrogen) atoms. The molecule has 2 rings (SSSR count). The van der Waals surface area contributed by atoms with Crippen molar-refractivity contribution in [1.82, 2.24) is 9.55 Å². The molecule has 0 aliphatic rings. The fourth-order valence-corrected chi connectivity index (χ4v) is 1.80. The zero-order valence-electron chi connectivity index (χ0n) is 8.95. The highest BCUT2D eigenvalue weighted by atomic mass is 35.5. The maximum atomic E-state index is 12.0. The van der Waals surface area contributed by atoms with Crippen LogP contribution in [-0.2, 0) is 0 Å². The maximum Gasteiger partial charge on any atom is 0.262 e. The van der Waals surface area contributed by atoms with E-state index in [-0.39, 0.29) is 11.4 Å². The maximum absolute atomic E-state index is 12.0. The molecular weight excluding hydrogens is 261 g/mol. The molecule has 0 aliphatic heterocycles. The number of nitrogen functional groups attached to an aromatic ring is 1. The van der Waals surface area contributed by atoms with Gasteiger partial charge in [0.15, 0.2) is 0 Å². The Balaban J connectivity index is 2.74. The third kappa shape index (κ3) is 2.01. The molecule has 0 aliphatic carbocycles. The number of anilines is 1. The zero-order chi connectivity index (χ0) is 12.6. The first-order chi connectivity index (χ1) is 8.02. The van der Waals surface area contributed by atoms with Gasteiger partial charge in [-0.2, -0.15) is 0 Å². The first-order valence-electron chi connectivity index (χ1n) is 4.80. The molecule has 0 amide bonds. The highest BCUT2D eigenvalue weighted by Gasteiger charge is 2.10. The number of hydrogen-bond acceptors (Lipinski definition) is 3. The van der Waals surface area contributed by atoms with Crippen LogP contribution < -0.4 is 11.3 Å². The molecule has 6 heteroatoms. The molecule has 2 aromatic rings. The lowest BCUT2D eigenvalue weighted by molar-refractivity contribution is 0.922. The Hall–Kier alpha value is -1.52. The Morgan fingerprint density at radius 1 is 1.35 bits per heavy atom. The second-order valence-corrected chi connectivity index (χ2v) is 4.29. The van der Waals surface area contributed by atoms with Gasteiger partial charge in [0.2, 0.25) is 0 Å². The molecule has 1 aromatic heterocycles. The fraction of sp³-hybridized carbons (Fsp3) is 0.0909. The van der Waals surface area contributed by atoms with Gasteiger partial charge in [-0.1, -0.05) is 29.3 Å². The third-order valence-corrected chi connectivity index (χ3v) is 3.24. The lowest BCUT2D eigenvalue weighted by atomic mass is 10.3. The molecule has 0 unspecified atom stereocenters. The number of halogens is 2. The van der Waals surface area contributed by atoms with Crippen molar-refractivity contribution in [2.75, 3.05) is 5.73 Å². The lowest BCUT2D eigenvalue weighted by Crippen LogP contribution is -2.22. The van der Waals surface area contributed by atoms with E-state index in [9.17, 15) is 4.79 Å². The van der Waals surface area contributed by atoms with E-state index in [4.69, 9.17) is 28.9 Å². The van der Waals surface area contributed by atoms with Crippen LogP contribution in [0.15, 0.2) is 29.3 Å². The summed E-state index contributed by atoms with van der Waals surface area (Å²) in [5.41, 5.74) is 6.15. The molecule has 0 saturated carbocycles. The van der Waals surface area contributed by atoms with E-state index in [1.165, 1.54) is 10.9 Å². The average Bonchev–Trinajstić information content (AvgIpc) is 2.31. The van der Waals surface area contributed by atoms with Gasteiger partial charge in [-0.15, -0.1) is 0 Å². The number of hydrogen-bond donors (Lipinski definition) is 1. The van der Waals surface area contributed by atoms with Gasteiger partial charge < -0.3 is 5.73 Å². The molecule has 1 heterocycles. The van der Waals surface area contributed by atoms with E-state index in [1.807, 2.05) is 0 Å². The van der Waals surface area contributed by atoms with E-state index in [0.717, 1.165) is 0 Å². The average molecular weight is 270 g/mol. The van der Waals surface area contributed by atoms with Crippen molar-refractivity contribution < 1.29 is 0 Å². The standard InChI is InChI=1S/C11H9Cl2N3O/c1-6-10(14)15-5-16(11(6)17)8-4-2-3-7(12)9(8)13/h2-5H,14H2,1H3. The number of nitrogens with two attached hydrogens (primary N) is 1. The number of benzene rings is 1. The summed E-state index contributed by atoms with van der Waals surface area (Å²) in [6.45, 7) is 1.61. The minimum Gasteiger partial charge on any atom is -0.383 e. The fourth-order valence-electron chi connectivity index (χ4n) is 1.41. The van der Waals surface area contributed by atoms with Crippen LogP contribution in [0.2, 0.25) is 10.0 Å². The van der Waals surface area contributed by atoms with E-state index < -0.39 is 0 Å². The van der Waals surface area contributed by atoms with Gasteiger partial charge in [0.25, 0.3) is 5.56 Å². The summed E-state index contributed by atoms with van der Waals surface area (Å²) < 4.78 is 1.32. The zero-order valence-corrected chi connectivity index (χ0v) is 10.5. The van der Waals surface area contributed by atoms with Crippen molar-refractivity contribution in [2.45, 2.75) is 6.92 Å². The number of aromatic nitrogens is 2. The Kier molecular flexibility index (Phi) is 3.09. The van der Waals surface area contributed by atoms with Gasteiger partial charge in [0.1, 0.15) is 12.1 Å². The molecule has 0 fully saturated rings. The van der Waals surface area contributed by atoms with E-state index in [1.54, 1.807) is 25.1 Å². The van der Waals surface area contributed by atoms with Crippen LogP contribution in [0.1, 0.15) is 5.56 Å². The van der Waals surface area contributed by atoms with Gasteiger partial charge in [-0.3, -0.25) is 9.36 Å². The first kappa shape index (κ1) is 12.0. The molecule has 0 atom stereocenters. The normalized spacial score (nSPS) is 10.5. The van der Waals surface area contributed by atoms with E-state index >= 15 is 0 Å². The molecule has 0 saturated heterocycles. The Bertz CT molecular complexity index is 637. The van der Waals surface area contributed by atoms with Crippen LogP contribution in [0.4, 0.5) is 5.82 Å². The summed E-state index contributed by atoms with van der Waals surface area (Å²) in [6, 6.07) is 5.05. The quantitative estimate of drug-likeness (QED) is 0.865. The summed E-state index contributed by atoms with van der Waals surface area (Å²) in [5.74, 6) is 0.212. The van der Waals surface area contributed by atoms with Crippen LogP contribution in [0.5, 0.6) is 0 Å². The SMILES string of the molecule is Cc1c(N)ncn(-c2cccc(Cl)c2Cl)c1=O. The van der Waals surface area contributed by atoms with E-state index in [0.29, 0.717) is 21.3 Å². The Morgan fingerprint density at radius 2 is 2.06 bits per heavy atom. The second-order valence-electron chi connectivity index (χ2n) is 3.50. The van der Waals surface area contributed by atoms with Gasteiger partial charge in [0, 0.05) is 0 Å². The van der Waals surface area contributed by atoms with Crippen molar-refractivity contribution in [3.05, 3.63) is 50.5 Å². The molecule has 88 valence electrons. The molecule has 0 bridgehead atoms. The third-order valence-electron chi connectivity index (χ3n) is 2.43. The number of rotatable bonds is 1. The van der Waals surface area contributed by atoms with Gasteiger partial charge >= 0.3 is 0 Å². The van der Waals surface area contributed by atoms with Crippen molar-refractivity contribution in [2.24, 2.45) is 0 Å². The summed E-state index contributed by atoms with van der Waals surface area (Å²) in [6.07, 6.45) is 1.34. The second kappa shape index (κ2) is 4.39. The number of nitrogens with zero attached hydrogens (tertiary/aromatic N) is 2. The van der Waals surface area contributed by atoms with Crippen LogP contribution >= 0.6 is 23.2 Å². The minimum atomic E-state index is -0.262. The molecule has 4 nitrogen and oxygen atoms in total. The topological polar surface area (TPSA) is 60.9 Å². The lowest BCUT2D eigenvalue weighted by Gasteiger charge is -2.09. The van der Waals surface area contributed by atoms with Gasteiger partial charge in [-0.25, -0.2) is 4.98 Å². The van der Waals surface area contributed by atoms with Crippen molar-refractivity contribution in [1.29, 1.82) is 0 Å². The molecule has 0 spiro atoms. The monoisotopic (exact) mass is 269 g/mol. The highest BCUT2D eigenvalue weighted by molar-refractivity contribution is 6.43. The summed E-state index contributed by atoms with van der Waals surface area (Å²) in [7, 11) is 0. The van der Waals surface area contributed by atoms with E-state index in [2.05, 4.69) is 4.98 Å². The van der Waals surface area contributed by atoms with Crippen LogP contribution in [0.25, 0.3) is 5.69 Å². The highest BCUT2D eigenvalue weighted by Crippen LogP contribution is 2.27. The smallest absolute Gasteiger partial charge is 0.262 e. The van der Waals surface area contributed by atoms with Gasteiger partial charge in [0.05, 0.1) is 21.3 Å². The molecule has 2 N–H and O–H groups in total. The predicted molar refractivity (Wildman–Crippen MR) is 69.0 cm³/mol. The predicted octanol–water partition coefficient (Wildman–Crippen LogP) is 2.43. The first-order valence-corrected chi connectivity index (χ1v) is 5.56. The summed E-state index contributed by atoms with van der Waals surface area (Å²) in [5, 5.41) is 0.688. The van der Waals surface area contributed by atoms with Crippen LogP contribution in [-0.4, -0.2) is 9.55 Å². The largest absolute Gasteiger partial charge is 0.383 e. The minimum absolute atomic E-state index is 0.212. The van der Waals surface area contributed by atoms with Gasteiger partial charge in [-0.05, 0) is 19.1 Å². The Labute approximate surface area is 108 Å². The van der Waals surface area contributed by atoms with Crippen molar-refractivity contribution >= 4 is 29.0 Å². The Morgan fingerprint density at radius 3 is 2.76 bits per heavy atom. The molecular formula is C11H9Cl2N3O. The summed E-state index contributed by atoms with van der Waals surface area (Å²) in [4.78, 5) is 15.9. The van der Waals surface area contributed by atoms with Crippen LogP contribution in [0.3, 0.4) is 0 Å². The summed E-state index contributed by atoms with van der Waals surface area (Å²) >= 11 is 11.9. The van der Waals surface area contributed by atoms with Crippen LogP contribution in [0, 0.1) is 6.92 Å². The van der Waals surface area contributed by atoms with Crippen molar-refractivity contribution in [3.63, 3.8) is 0 Å². The van der Waals surface area contributed by atoms with Crippen molar-refractivity contribution in [3.8, 4) is 5.69 Å². The molecule has 0 radical (unpaired) electrons.